The number of nitrogens with zero attached hydrogens (tertiary/aromatic N) is 2. The molecule has 1 aromatic carbocycles. The van der Waals surface area contributed by atoms with E-state index in [0.717, 1.165) is 6.54 Å². The van der Waals surface area contributed by atoms with Crippen LogP contribution in [-0.4, -0.2) is 60.0 Å². The third-order valence-electron chi connectivity index (χ3n) is 5.47. The van der Waals surface area contributed by atoms with Crippen molar-refractivity contribution in [3.8, 4) is 0 Å². The Balaban J connectivity index is 1.51. The molecule has 0 aromatic heterocycles. The van der Waals surface area contributed by atoms with Crippen molar-refractivity contribution < 1.29 is 5.11 Å². The van der Waals surface area contributed by atoms with E-state index in [1.807, 2.05) is 0 Å². The maximum Gasteiger partial charge on any atom is 0.0460 e. The maximum atomic E-state index is 9.30. The van der Waals surface area contributed by atoms with E-state index in [1.165, 1.54) is 62.3 Å². The summed E-state index contributed by atoms with van der Waals surface area (Å²) in [6, 6.07) is 9.75. The molecule has 0 radical (unpaired) electrons. The second kappa shape index (κ2) is 8.52. The normalized spacial score (nSPS) is 24.9. The summed E-state index contributed by atoms with van der Waals surface area (Å²) in [6.07, 6.45) is 7.12. The molecule has 2 aliphatic heterocycles. The largest absolute Gasteiger partial charge is 0.396 e. The van der Waals surface area contributed by atoms with Gasteiger partial charge in [0, 0.05) is 30.6 Å². The Morgan fingerprint density at radius 1 is 1.09 bits per heavy atom. The summed E-state index contributed by atoms with van der Waals surface area (Å²) in [7, 11) is 0. The lowest BCUT2D eigenvalue weighted by Gasteiger charge is -2.42. The number of hydrogen-bond donors (Lipinski definition) is 1. The number of likely N-dealkylation sites (tertiary alicyclic amines) is 2. The quantitative estimate of drug-likeness (QED) is 0.837. The SMILES string of the molecule is CSc1ccc(CN2CCC[C@@H](N3CCC(CO)CC3)C2)cc1. The number of thioether (sulfide) groups is 1. The maximum absolute atomic E-state index is 9.30. The molecule has 2 fully saturated rings. The monoisotopic (exact) mass is 334 g/mol. The molecule has 3 rings (SSSR count). The summed E-state index contributed by atoms with van der Waals surface area (Å²) >= 11 is 1.81. The minimum atomic E-state index is 0.372. The number of piperidine rings is 2. The summed E-state index contributed by atoms with van der Waals surface area (Å²) in [5.74, 6) is 0.542. The first-order valence-corrected chi connectivity index (χ1v) is 10.2. The van der Waals surface area contributed by atoms with Crippen molar-refractivity contribution in [1.29, 1.82) is 0 Å². The van der Waals surface area contributed by atoms with Gasteiger partial charge in [-0.2, -0.15) is 0 Å². The van der Waals surface area contributed by atoms with E-state index < -0.39 is 0 Å². The van der Waals surface area contributed by atoms with Crippen molar-refractivity contribution in [3.05, 3.63) is 29.8 Å². The molecule has 2 aliphatic rings. The van der Waals surface area contributed by atoms with Crippen molar-refractivity contribution in [3.63, 3.8) is 0 Å². The van der Waals surface area contributed by atoms with E-state index in [0.29, 0.717) is 18.6 Å². The molecule has 0 spiro atoms. The van der Waals surface area contributed by atoms with E-state index in [1.54, 1.807) is 11.8 Å². The van der Waals surface area contributed by atoms with E-state index in [9.17, 15) is 5.11 Å². The van der Waals surface area contributed by atoms with Crippen molar-refractivity contribution in [2.75, 3.05) is 39.0 Å². The van der Waals surface area contributed by atoms with Gasteiger partial charge in [-0.3, -0.25) is 9.80 Å². The average molecular weight is 335 g/mol. The van der Waals surface area contributed by atoms with E-state index in [4.69, 9.17) is 0 Å². The molecule has 2 heterocycles. The summed E-state index contributed by atoms with van der Waals surface area (Å²) in [5, 5.41) is 9.30. The lowest BCUT2D eigenvalue weighted by Crippen LogP contribution is -2.50. The standard InChI is InChI=1S/C19H30N2OS/c1-23-19-6-4-16(5-7-19)13-20-10-2-3-18(14-20)21-11-8-17(15-22)9-12-21/h4-7,17-18,22H,2-3,8-15H2,1H3/t18-/m1/s1. The van der Waals surface area contributed by atoms with Crippen LogP contribution in [0.4, 0.5) is 0 Å². The molecule has 1 N–H and O–H groups in total. The molecule has 0 saturated carbocycles. The molecule has 0 unspecified atom stereocenters. The van der Waals surface area contributed by atoms with Crippen LogP contribution in [0, 0.1) is 5.92 Å². The Hall–Kier alpha value is -0.550. The zero-order chi connectivity index (χ0) is 16.1. The van der Waals surface area contributed by atoms with Crippen molar-refractivity contribution in [2.45, 2.75) is 43.2 Å². The number of hydrogen-bond acceptors (Lipinski definition) is 4. The van der Waals surface area contributed by atoms with Crippen molar-refractivity contribution in [1.82, 2.24) is 9.80 Å². The van der Waals surface area contributed by atoms with E-state index >= 15 is 0 Å². The van der Waals surface area contributed by atoms with Crippen LogP contribution in [0.3, 0.4) is 0 Å². The number of benzene rings is 1. The first-order chi connectivity index (χ1) is 11.3. The molecule has 1 atom stereocenters. The molecular formula is C19H30N2OS. The predicted octanol–water partition coefficient (Wildman–Crippen LogP) is 3.08. The van der Waals surface area contributed by atoms with Gasteiger partial charge >= 0.3 is 0 Å². The van der Waals surface area contributed by atoms with Crippen molar-refractivity contribution >= 4 is 11.8 Å². The Kier molecular flexibility index (Phi) is 6.40. The van der Waals surface area contributed by atoms with Crippen LogP contribution in [0.5, 0.6) is 0 Å². The fourth-order valence-electron chi connectivity index (χ4n) is 3.96. The lowest BCUT2D eigenvalue weighted by atomic mass is 9.94. The smallest absolute Gasteiger partial charge is 0.0460 e. The van der Waals surface area contributed by atoms with Gasteiger partial charge in [-0.1, -0.05) is 12.1 Å². The van der Waals surface area contributed by atoms with Gasteiger partial charge < -0.3 is 5.11 Å². The summed E-state index contributed by atoms with van der Waals surface area (Å²) < 4.78 is 0. The Morgan fingerprint density at radius 3 is 2.48 bits per heavy atom. The lowest BCUT2D eigenvalue weighted by molar-refractivity contribution is 0.0544. The minimum Gasteiger partial charge on any atom is -0.396 e. The number of aliphatic hydroxyl groups is 1. The first-order valence-electron chi connectivity index (χ1n) is 8.98. The van der Waals surface area contributed by atoms with Gasteiger partial charge in [-0.05, 0) is 75.2 Å². The molecule has 2 saturated heterocycles. The van der Waals surface area contributed by atoms with Crippen LogP contribution >= 0.6 is 11.8 Å². The summed E-state index contributed by atoms with van der Waals surface area (Å²) in [5.41, 5.74) is 1.43. The highest BCUT2D eigenvalue weighted by molar-refractivity contribution is 7.98. The van der Waals surface area contributed by atoms with Crippen molar-refractivity contribution in [2.24, 2.45) is 5.92 Å². The van der Waals surface area contributed by atoms with Crippen LogP contribution in [0.25, 0.3) is 0 Å². The van der Waals surface area contributed by atoms with Gasteiger partial charge in [-0.15, -0.1) is 11.8 Å². The van der Waals surface area contributed by atoms with Gasteiger partial charge in [-0.25, -0.2) is 0 Å². The van der Waals surface area contributed by atoms with Gasteiger partial charge in [0.1, 0.15) is 0 Å². The molecule has 0 bridgehead atoms. The molecule has 0 amide bonds. The highest BCUT2D eigenvalue weighted by atomic mass is 32.2. The highest BCUT2D eigenvalue weighted by Crippen LogP contribution is 2.24. The predicted molar refractivity (Wildman–Crippen MR) is 97.9 cm³/mol. The minimum absolute atomic E-state index is 0.372. The molecule has 1 aromatic rings. The highest BCUT2D eigenvalue weighted by Gasteiger charge is 2.28. The molecular weight excluding hydrogens is 304 g/mol. The molecule has 3 nitrogen and oxygen atoms in total. The summed E-state index contributed by atoms with van der Waals surface area (Å²) in [6.45, 7) is 6.23. The van der Waals surface area contributed by atoms with Gasteiger partial charge in [0.2, 0.25) is 0 Å². The molecule has 0 aliphatic carbocycles. The average Bonchev–Trinajstić information content (AvgIpc) is 2.63. The van der Waals surface area contributed by atoms with Gasteiger partial charge in [0.25, 0.3) is 0 Å². The number of rotatable bonds is 5. The van der Waals surface area contributed by atoms with Gasteiger partial charge in [0.15, 0.2) is 0 Å². The third kappa shape index (κ3) is 4.72. The second-order valence-electron chi connectivity index (χ2n) is 7.04. The topological polar surface area (TPSA) is 26.7 Å². The molecule has 23 heavy (non-hydrogen) atoms. The van der Waals surface area contributed by atoms with Crippen LogP contribution < -0.4 is 0 Å². The fraction of sp³-hybridized carbons (Fsp3) is 0.684. The summed E-state index contributed by atoms with van der Waals surface area (Å²) in [4.78, 5) is 6.65. The van der Waals surface area contributed by atoms with E-state index in [-0.39, 0.29) is 0 Å². The van der Waals surface area contributed by atoms with Crippen LogP contribution in [0.1, 0.15) is 31.2 Å². The zero-order valence-electron chi connectivity index (χ0n) is 14.3. The zero-order valence-corrected chi connectivity index (χ0v) is 15.1. The Morgan fingerprint density at radius 2 is 1.83 bits per heavy atom. The first kappa shape index (κ1) is 17.3. The van der Waals surface area contributed by atoms with E-state index in [2.05, 4.69) is 40.3 Å². The van der Waals surface area contributed by atoms with Crippen LogP contribution in [0.15, 0.2) is 29.2 Å². The van der Waals surface area contributed by atoms with Crippen LogP contribution in [-0.2, 0) is 6.54 Å². The second-order valence-corrected chi connectivity index (χ2v) is 7.92. The molecule has 128 valence electrons. The van der Waals surface area contributed by atoms with Gasteiger partial charge in [0.05, 0.1) is 0 Å². The molecule has 4 heteroatoms. The third-order valence-corrected chi connectivity index (χ3v) is 6.21. The Bertz CT molecular complexity index is 471. The van der Waals surface area contributed by atoms with Crippen LogP contribution in [0.2, 0.25) is 0 Å². The fourth-order valence-corrected chi connectivity index (χ4v) is 4.37. The Labute approximate surface area is 145 Å². The number of aliphatic hydroxyl groups excluding tert-OH is 1.